The van der Waals surface area contributed by atoms with E-state index in [-0.39, 0.29) is 24.5 Å². The first-order chi connectivity index (χ1) is 11.9. The van der Waals surface area contributed by atoms with Crippen molar-refractivity contribution in [1.82, 2.24) is 14.9 Å². The highest BCUT2D eigenvalue weighted by atomic mass is 16.5. The molecule has 0 spiro atoms. The minimum atomic E-state index is -0.282. The van der Waals surface area contributed by atoms with Crippen molar-refractivity contribution in [3.63, 3.8) is 0 Å². The van der Waals surface area contributed by atoms with Crippen LogP contribution in [0.25, 0.3) is 11.0 Å². The van der Waals surface area contributed by atoms with Gasteiger partial charge in [0, 0.05) is 18.5 Å². The minimum Gasteiger partial charge on any atom is -0.462 e. The molecule has 25 heavy (non-hydrogen) atoms. The second-order valence-corrected chi connectivity index (χ2v) is 6.28. The van der Waals surface area contributed by atoms with E-state index in [2.05, 4.69) is 16.9 Å². The number of hydrogen-bond acceptors (Lipinski definition) is 4. The van der Waals surface area contributed by atoms with Gasteiger partial charge in [-0.15, -0.1) is 0 Å². The van der Waals surface area contributed by atoms with Crippen LogP contribution in [0.4, 0.5) is 0 Å². The molecule has 0 bridgehead atoms. The Hall–Kier alpha value is -2.63. The van der Waals surface area contributed by atoms with Crippen LogP contribution in [0.2, 0.25) is 0 Å². The summed E-state index contributed by atoms with van der Waals surface area (Å²) in [7, 11) is 0. The lowest BCUT2D eigenvalue weighted by Crippen LogP contribution is -2.25. The topological polar surface area (TPSA) is 73.2 Å². The molecule has 0 aliphatic heterocycles. The van der Waals surface area contributed by atoms with E-state index in [1.165, 1.54) is 0 Å². The Balaban J connectivity index is 2.09. The molecule has 0 saturated carbocycles. The normalized spacial score (nSPS) is 10.9. The van der Waals surface area contributed by atoms with Gasteiger partial charge in [-0.3, -0.25) is 9.59 Å². The van der Waals surface area contributed by atoms with E-state index in [0.717, 1.165) is 23.3 Å². The zero-order valence-electron chi connectivity index (χ0n) is 15.0. The number of nitrogens with one attached hydrogen (secondary N) is 1. The monoisotopic (exact) mass is 343 g/mol. The number of para-hydroxylation sites is 2. The predicted molar refractivity (Wildman–Crippen MR) is 97.1 cm³/mol. The zero-order valence-corrected chi connectivity index (χ0v) is 15.0. The predicted octanol–water partition coefficient (Wildman–Crippen LogP) is 2.61. The lowest BCUT2D eigenvalue weighted by molar-refractivity contribution is -0.148. The van der Waals surface area contributed by atoms with E-state index in [4.69, 9.17) is 4.74 Å². The highest BCUT2D eigenvalue weighted by Gasteiger charge is 2.15. The number of hydrogen-bond donors (Lipinski definition) is 1. The number of nitrogens with zero attached hydrogens (tertiary/aromatic N) is 2. The molecule has 1 aromatic carbocycles. The molecule has 1 N–H and O–H groups in total. The number of carbonyl (C=O) groups is 2. The molecular formula is C19H25N3O3. The van der Waals surface area contributed by atoms with Crippen molar-refractivity contribution in [2.45, 2.75) is 46.3 Å². The van der Waals surface area contributed by atoms with Gasteiger partial charge in [-0.2, -0.15) is 0 Å². The zero-order chi connectivity index (χ0) is 18.4. The maximum atomic E-state index is 12.1. The van der Waals surface area contributed by atoms with Gasteiger partial charge in [-0.25, -0.2) is 4.98 Å². The van der Waals surface area contributed by atoms with E-state index in [0.29, 0.717) is 18.5 Å². The van der Waals surface area contributed by atoms with Crippen molar-refractivity contribution in [3.8, 4) is 0 Å². The third-order valence-corrected chi connectivity index (χ3v) is 3.64. The summed E-state index contributed by atoms with van der Waals surface area (Å²) in [5, 5.41) is 2.81. The molecule has 0 fully saturated rings. The number of aromatic nitrogens is 2. The number of imidazole rings is 1. The first-order valence-electron chi connectivity index (χ1n) is 8.45. The van der Waals surface area contributed by atoms with Gasteiger partial charge in [0.15, 0.2) is 0 Å². The number of benzene rings is 1. The number of amides is 1. The quantitative estimate of drug-likeness (QED) is 0.454. The Morgan fingerprint density at radius 1 is 1.32 bits per heavy atom. The van der Waals surface area contributed by atoms with Crippen LogP contribution in [-0.4, -0.2) is 34.1 Å². The molecule has 0 unspecified atom stereocenters. The molecule has 1 heterocycles. The van der Waals surface area contributed by atoms with Crippen LogP contribution in [0.15, 0.2) is 36.4 Å². The SMILES string of the molecule is C=C(C)C(=O)NCCCc1nc2ccccc2n1CC(=O)OC(C)C. The van der Waals surface area contributed by atoms with Gasteiger partial charge < -0.3 is 14.6 Å². The largest absolute Gasteiger partial charge is 0.462 e. The van der Waals surface area contributed by atoms with Crippen LogP contribution >= 0.6 is 0 Å². The lowest BCUT2D eigenvalue weighted by atomic mass is 10.2. The standard InChI is InChI=1S/C19H25N3O3/c1-13(2)19(24)20-11-7-10-17-21-15-8-5-6-9-16(15)22(17)12-18(23)25-14(3)4/h5-6,8-9,14H,1,7,10-12H2,2-4H3,(H,20,24). The second kappa shape index (κ2) is 8.46. The number of carbonyl (C=O) groups excluding carboxylic acids is 2. The first kappa shape index (κ1) is 18.7. The van der Waals surface area contributed by atoms with Gasteiger partial charge in [0.2, 0.25) is 5.91 Å². The molecule has 6 nitrogen and oxygen atoms in total. The Labute approximate surface area is 147 Å². The summed E-state index contributed by atoms with van der Waals surface area (Å²) in [6, 6.07) is 7.71. The van der Waals surface area contributed by atoms with Crippen LogP contribution in [0, 0.1) is 0 Å². The molecule has 0 radical (unpaired) electrons. The number of rotatable bonds is 8. The Morgan fingerprint density at radius 2 is 2.04 bits per heavy atom. The Bertz CT molecular complexity index is 777. The van der Waals surface area contributed by atoms with E-state index in [1.807, 2.05) is 42.7 Å². The highest BCUT2D eigenvalue weighted by molar-refractivity contribution is 5.92. The van der Waals surface area contributed by atoms with Gasteiger partial charge in [-0.05, 0) is 39.3 Å². The molecule has 0 saturated heterocycles. The summed E-state index contributed by atoms with van der Waals surface area (Å²) in [4.78, 5) is 28.2. The maximum Gasteiger partial charge on any atom is 0.326 e. The highest BCUT2D eigenvalue weighted by Crippen LogP contribution is 2.17. The van der Waals surface area contributed by atoms with Crippen molar-refractivity contribution in [2.75, 3.05) is 6.54 Å². The summed E-state index contributed by atoms with van der Waals surface area (Å²) in [5.74, 6) is 0.385. The third-order valence-electron chi connectivity index (χ3n) is 3.64. The molecule has 2 aromatic rings. The fourth-order valence-electron chi connectivity index (χ4n) is 2.52. The van der Waals surface area contributed by atoms with Gasteiger partial charge in [0.05, 0.1) is 17.1 Å². The van der Waals surface area contributed by atoms with Gasteiger partial charge in [0.25, 0.3) is 0 Å². The summed E-state index contributed by atoms with van der Waals surface area (Å²) >= 11 is 0. The summed E-state index contributed by atoms with van der Waals surface area (Å²) in [6.07, 6.45) is 1.23. The summed E-state index contributed by atoms with van der Waals surface area (Å²) in [5.41, 5.74) is 2.24. The van der Waals surface area contributed by atoms with Gasteiger partial charge >= 0.3 is 5.97 Å². The van der Waals surface area contributed by atoms with Crippen molar-refractivity contribution in [2.24, 2.45) is 0 Å². The number of fused-ring (bicyclic) bond motifs is 1. The molecule has 6 heteroatoms. The molecule has 0 atom stereocenters. The average Bonchev–Trinajstić information content (AvgIpc) is 2.88. The lowest BCUT2D eigenvalue weighted by Gasteiger charge is -2.11. The fourth-order valence-corrected chi connectivity index (χ4v) is 2.52. The molecule has 0 aliphatic rings. The van der Waals surface area contributed by atoms with E-state index < -0.39 is 0 Å². The fraction of sp³-hybridized carbons (Fsp3) is 0.421. The Kier molecular flexibility index (Phi) is 6.33. The van der Waals surface area contributed by atoms with Crippen molar-refractivity contribution in [3.05, 3.63) is 42.2 Å². The molecule has 1 amide bonds. The number of esters is 1. The van der Waals surface area contributed by atoms with Gasteiger partial charge in [0.1, 0.15) is 12.4 Å². The van der Waals surface area contributed by atoms with E-state index in [1.54, 1.807) is 6.92 Å². The van der Waals surface area contributed by atoms with Crippen LogP contribution in [0.5, 0.6) is 0 Å². The molecule has 0 aliphatic carbocycles. The van der Waals surface area contributed by atoms with Crippen LogP contribution in [0.3, 0.4) is 0 Å². The molecule has 2 rings (SSSR count). The van der Waals surface area contributed by atoms with E-state index >= 15 is 0 Å². The second-order valence-electron chi connectivity index (χ2n) is 6.28. The Morgan fingerprint density at radius 3 is 2.72 bits per heavy atom. The number of ether oxygens (including phenoxy) is 1. The van der Waals surface area contributed by atoms with Crippen LogP contribution < -0.4 is 5.32 Å². The van der Waals surface area contributed by atoms with Gasteiger partial charge in [-0.1, -0.05) is 18.7 Å². The summed E-state index contributed by atoms with van der Waals surface area (Å²) < 4.78 is 7.15. The molecule has 134 valence electrons. The van der Waals surface area contributed by atoms with Crippen LogP contribution in [-0.2, 0) is 27.3 Å². The average molecular weight is 343 g/mol. The van der Waals surface area contributed by atoms with Crippen LogP contribution in [0.1, 0.15) is 33.0 Å². The smallest absolute Gasteiger partial charge is 0.326 e. The third kappa shape index (κ3) is 5.17. The first-order valence-corrected chi connectivity index (χ1v) is 8.45. The van der Waals surface area contributed by atoms with Crippen molar-refractivity contribution in [1.29, 1.82) is 0 Å². The maximum absolute atomic E-state index is 12.1. The molecular weight excluding hydrogens is 318 g/mol. The minimum absolute atomic E-state index is 0.131. The van der Waals surface area contributed by atoms with E-state index in [9.17, 15) is 9.59 Å². The van der Waals surface area contributed by atoms with Crippen molar-refractivity contribution < 1.29 is 14.3 Å². The van der Waals surface area contributed by atoms with Crippen molar-refractivity contribution >= 4 is 22.9 Å². The number of aryl methyl sites for hydroxylation is 1. The molecule has 1 aromatic heterocycles. The summed E-state index contributed by atoms with van der Waals surface area (Å²) in [6.45, 7) is 9.61.